The summed E-state index contributed by atoms with van der Waals surface area (Å²) < 4.78 is 0. The topological polar surface area (TPSA) is 78.9 Å². The van der Waals surface area contributed by atoms with Crippen LogP contribution in [0.3, 0.4) is 0 Å². The number of nitrogens with one attached hydrogen (secondary N) is 3. The molecule has 3 aromatic rings. The summed E-state index contributed by atoms with van der Waals surface area (Å²) in [5.41, 5.74) is 1.29. The van der Waals surface area contributed by atoms with Crippen LogP contribution in [0.1, 0.15) is 26.1 Å². The van der Waals surface area contributed by atoms with Crippen LogP contribution in [0.25, 0.3) is 22.0 Å². The highest BCUT2D eigenvalue weighted by atomic mass is 16.2. The molecule has 28 heavy (non-hydrogen) atoms. The molecule has 2 heterocycles. The van der Waals surface area contributed by atoms with E-state index in [-0.39, 0.29) is 12.1 Å². The molecule has 2 amide bonds. The van der Waals surface area contributed by atoms with Crippen molar-refractivity contribution in [2.75, 3.05) is 13.1 Å². The van der Waals surface area contributed by atoms with Gasteiger partial charge in [0.25, 0.3) is 0 Å². The molecule has 144 valence electrons. The fraction of sp³-hybridized carbons (Fsp3) is 0.318. The third-order valence-electron chi connectivity index (χ3n) is 5.06. The van der Waals surface area contributed by atoms with Crippen molar-refractivity contribution in [3.63, 3.8) is 0 Å². The zero-order chi connectivity index (χ0) is 19.6. The highest BCUT2D eigenvalue weighted by molar-refractivity contribution is 5.86. The van der Waals surface area contributed by atoms with Crippen LogP contribution in [0.5, 0.6) is 0 Å². The number of fused-ring (bicyclic) bond motifs is 1. The average molecular weight is 375 g/mol. The summed E-state index contributed by atoms with van der Waals surface area (Å²) in [5.74, 6) is 0.641. The van der Waals surface area contributed by atoms with Gasteiger partial charge in [-0.2, -0.15) is 0 Å². The number of amides is 2. The van der Waals surface area contributed by atoms with Crippen LogP contribution in [0.4, 0.5) is 4.79 Å². The van der Waals surface area contributed by atoms with Gasteiger partial charge in [0, 0.05) is 24.3 Å². The lowest BCUT2D eigenvalue weighted by Gasteiger charge is -2.28. The van der Waals surface area contributed by atoms with Crippen molar-refractivity contribution in [2.24, 2.45) is 0 Å². The molecule has 4 rings (SSSR count). The van der Waals surface area contributed by atoms with E-state index in [1.807, 2.05) is 32.0 Å². The van der Waals surface area contributed by atoms with Gasteiger partial charge < -0.3 is 16.0 Å². The van der Waals surface area contributed by atoms with Crippen LogP contribution in [0, 0.1) is 0 Å². The first-order chi connectivity index (χ1) is 13.6. The summed E-state index contributed by atoms with van der Waals surface area (Å²) in [5, 5.41) is 11.7. The lowest BCUT2D eigenvalue weighted by Crippen LogP contribution is -2.53. The van der Waals surface area contributed by atoms with E-state index < -0.39 is 5.54 Å². The first-order valence-corrected chi connectivity index (χ1v) is 9.68. The first-order valence-electron chi connectivity index (χ1n) is 9.68. The smallest absolute Gasteiger partial charge is 0.315 e. The molecule has 0 spiro atoms. The van der Waals surface area contributed by atoms with Gasteiger partial charge in [-0.15, -0.1) is 0 Å². The largest absolute Gasteiger partial charge is 0.336 e. The summed E-state index contributed by atoms with van der Waals surface area (Å²) in [4.78, 5) is 21.7. The van der Waals surface area contributed by atoms with Crippen molar-refractivity contribution in [2.45, 2.75) is 31.8 Å². The summed E-state index contributed by atoms with van der Waals surface area (Å²) in [6.45, 7) is 5.30. The van der Waals surface area contributed by atoms with Crippen molar-refractivity contribution < 1.29 is 4.79 Å². The summed E-state index contributed by atoms with van der Waals surface area (Å²) in [6.07, 6.45) is 2.52. The fourth-order valence-corrected chi connectivity index (χ4v) is 3.66. The number of carbonyl (C=O) groups excluding carboxylic acids is 1. The minimum Gasteiger partial charge on any atom is -0.336 e. The Balaban J connectivity index is 1.68. The number of hydrogen-bond donors (Lipinski definition) is 3. The predicted octanol–water partition coefficient (Wildman–Crippen LogP) is 3.19. The Morgan fingerprint density at radius 1 is 1.14 bits per heavy atom. The Kier molecular flexibility index (Phi) is 4.96. The molecule has 0 aliphatic carbocycles. The predicted molar refractivity (Wildman–Crippen MR) is 111 cm³/mol. The van der Waals surface area contributed by atoms with Crippen LogP contribution in [0.15, 0.2) is 54.7 Å². The Labute approximate surface area is 164 Å². The van der Waals surface area contributed by atoms with Crippen LogP contribution in [-0.2, 0) is 5.54 Å². The molecular weight excluding hydrogens is 350 g/mol. The number of rotatable bonds is 4. The second-order valence-corrected chi connectivity index (χ2v) is 7.59. The number of carbonyl (C=O) groups is 1. The highest BCUT2D eigenvalue weighted by Crippen LogP contribution is 2.28. The number of aromatic nitrogens is 2. The van der Waals surface area contributed by atoms with E-state index in [0.717, 1.165) is 24.2 Å². The minimum absolute atomic E-state index is 0.0660. The highest BCUT2D eigenvalue weighted by Gasteiger charge is 2.40. The SMILES string of the molecule is CC(C)NC(=O)N[C@@]1(c2nccc(-c3ccc4ccccc4c3)n2)CCNC1. The van der Waals surface area contributed by atoms with Crippen LogP contribution >= 0.6 is 0 Å². The molecule has 1 aliphatic rings. The zero-order valence-corrected chi connectivity index (χ0v) is 16.2. The number of urea groups is 1. The molecular formula is C22H25N5O. The van der Waals surface area contributed by atoms with Gasteiger partial charge in [-0.3, -0.25) is 0 Å². The first kappa shape index (κ1) is 18.4. The second kappa shape index (κ2) is 7.56. The molecule has 0 radical (unpaired) electrons. The normalized spacial score (nSPS) is 19.1. The summed E-state index contributed by atoms with van der Waals surface area (Å²) in [6, 6.07) is 16.4. The molecule has 1 aliphatic heterocycles. The van der Waals surface area contributed by atoms with E-state index in [1.165, 1.54) is 10.8 Å². The average Bonchev–Trinajstić information content (AvgIpc) is 3.16. The maximum atomic E-state index is 12.4. The lowest BCUT2D eigenvalue weighted by molar-refractivity contribution is 0.222. The molecule has 0 bridgehead atoms. The number of nitrogens with zero attached hydrogens (tertiary/aromatic N) is 2. The standard InChI is InChI=1S/C22H25N5O/c1-15(2)25-21(28)27-22(10-12-23-14-22)20-24-11-9-19(26-20)18-8-7-16-5-3-4-6-17(16)13-18/h3-9,11,13,15,23H,10,12,14H2,1-2H3,(H2,25,27,28)/t22-/m0/s1. The Morgan fingerprint density at radius 2 is 1.96 bits per heavy atom. The molecule has 1 atom stereocenters. The fourth-order valence-electron chi connectivity index (χ4n) is 3.66. The summed E-state index contributed by atoms with van der Waals surface area (Å²) in [7, 11) is 0. The molecule has 0 saturated carbocycles. The third kappa shape index (κ3) is 3.68. The Bertz CT molecular complexity index is 995. The Hall–Kier alpha value is -2.99. The van der Waals surface area contributed by atoms with Gasteiger partial charge in [-0.1, -0.05) is 36.4 Å². The second-order valence-electron chi connectivity index (χ2n) is 7.59. The monoisotopic (exact) mass is 375 g/mol. The van der Waals surface area contributed by atoms with Gasteiger partial charge in [0.05, 0.1) is 5.69 Å². The van der Waals surface area contributed by atoms with Crippen LogP contribution in [0.2, 0.25) is 0 Å². The van der Waals surface area contributed by atoms with Gasteiger partial charge in [-0.05, 0) is 49.7 Å². The van der Waals surface area contributed by atoms with Crippen molar-refractivity contribution in [1.29, 1.82) is 0 Å². The molecule has 1 saturated heterocycles. The van der Waals surface area contributed by atoms with E-state index in [1.54, 1.807) is 6.20 Å². The van der Waals surface area contributed by atoms with Gasteiger partial charge in [0.1, 0.15) is 5.54 Å². The maximum absolute atomic E-state index is 12.4. The van der Waals surface area contributed by atoms with E-state index >= 15 is 0 Å². The zero-order valence-electron chi connectivity index (χ0n) is 16.2. The van der Waals surface area contributed by atoms with E-state index in [0.29, 0.717) is 12.4 Å². The van der Waals surface area contributed by atoms with Crippen molar-refractivity contribution in [3.05, 3.63) is 60.6 Å². The summed E-state index contributed by atoms with van der Waals surface area (Å²) >= 11 is 0. The van der Waals surface area contributed by atoms with Crippen LogP contribution in [-0.4, -0.2) is 35.1 Å². The van der Waals surface area contributed by atoms with Crippen molar-refractivity contribution in [3.8, 4) is 11.3 Å². The molecule has 1 aromatic heterocycles. The van der Waals surface area contributed by atoms with Gasteiger partial charge in [-0.25, -0.2) is 14.8 Å². The number of benzene rings is 2. The van der Waals surface area contributed by atoms with E-state index in [2.05, 4.69) is 51.3 Å². The van der Waals surface area contributed by atoms with E-state index in [4.69, 9.17) is 4.98 Å². The molecule has 3 N–H and O–H groups in total. The molecule has 1 fully saturated rings. The third-order valence-corrected chi connectivity index (χ3v) is 5.06. The van der Waals surface area contributed by atoms with Crippen molar-refractivity contribution in [1.82, 2.24) is 25.9 Å². The number of hydrogen-bond acceptors (Lipinski definition) is 4. The molecule has 0 unspecified atom stereocenters. The van der Waals surface area contributed by atoms with Crippen molar-refractivity contribution >= 4 is 16.8 Å². The minimum atomic E-state index is -0.605. The van der Waals surface area contributed by atoms with E-state index in [9.17, 15) is 4.79 Å². The van der Waals surface area contributed by atoms with Gasteiger partial charge in [0.2, 0.25) is 0 Å². The Morgan fingerprint density at radius 3 is 2.71 bits per heavy atom. The maximum Gasteiger partial charge on any atom is 0.315 e. The van der Waals surface area contributed by atoms with Gasteiger partial charge in [0.15, 0.2) is 5.82 Å². The van der Waals surface area contributed by atoms with Gasteiger partial charge >= 0.3 is 6.03 Å². The quantitative estimate of drug-likeness (QED) is 0.654. The molecule has 6 heteroatoms. The molecule has 2 aromatic carbocycles. The van der Waals surface area contributed by atoms with Crippen LogP contribution < -0.4 is 16.0 Å². The molecule has 6 nitrogen and oxygen atoms in total. The lowest BCUT2D eigenvalue weighted by atomic mass is 9.97.